The third kappa shape index (κ3) is 3.05. The molecule has 0 aliphatic heterocycles. The molecule has 0 radical (unpaired) electrons. The minimum Gasteiger partial charge on any atom is -0.0826 e. The highest BCUT2D eigenvalue weighted by molar-refractivity contribution is 6.48. The fourth-order valence-corrected chi connectivity index (χ4v) is 1.84. The highest BCUT2D eigenvalue weighted by Crippen LogP contribution is 2.31. The molecule has 0 nitrogen and oxygen atoms in total. The van der Waals surface area contributed by atoms with E-state index >= 15 is 0 Å². The number of rotatable bonds is 2. The van der Waals surface area contributed by atoms with E-state index in [1.165, 1.54) is 0 Å². The summed E-state index contributed by atoms with van der Waals surface area (Å²) in [5, 5.41) is 1.51. The maximum atomic E-state index is 5.89. The molecule has 0 heterocycles. The Hall–Kier alpha value is 0.0900. The van der Waals surface area contributed by atoms with Gasteiger partial charge in [0, 0.05) is 0 Å². The van der Waals surface area contributed by atoms with Crippen molar-refractivity contribution in [1.29, 1.82) is 0 Å². The first kappa shape index (κ1) is 11.2. The first-order valence-electron chi connectivity index (χ1n) is 4.14. The van der Waals surface area contributed by atoms with Crippen LogP contribution >= 0.6 is 34.8 Å². The van der Waals surface area contributed by atoms with Crippen molar-refractivity contribution in [2.24, 2.45) is 5.92 Å². The van der Waals surface area contributed by atoms with Crippen LogP contribution in [0.4, 0.5) is 0 Å². The largest absolute Gasteiger partial charge is 0.0826 e. The Kier molecular flexibility index (Phi) is 3.90. The van der Waals surface area contributed by atoms with E-state index in [0.717, 1.165) is 12.0 Å². The third-order valence-electron chi connectivity index (χ3n) is 1.69. The van der Waals surface area contributed by atoms with Crippen LogP contribution in [0.1, 0.15) is 19.4 Å². The first-order chi connectivity index (χ1) is 6.00. The van der Waals surface area contributed by atoms with Gasteiger partial charge in [-0.3, -0.25) is 0 Å². The van der Waals surface area contributed by atoms with Crippen LogP contribution in [0, 0.1) is 5.92 Å². The molecule has 1 aromatic carbocycles. The Morgan fingerprint density at radius 3 is 1.92 bits per heavy atom. The summed E-state index contributed by atoms with van der Waals surface area (Å²) >= 11 is 17.6. The zero-order valence-electron chi connectivity index (χ0n) is 7.57. The molecular weight excluding hydrogens is 226 g/mol. The monoisotopic (exact) mass is 236 g/mol. The molecular formula is C10H11Cl3. The van der Waals surface area contributed by atoms with Crippen LogP contribution in [0.25, 0.3) is 0 Å². The van der Waals surface area contributed by atoms with Crippen LogP contribution in [0.5, 0.6) is 0 Å². The fourth-order valence-electron chi connectivity index (χ4n) is 1.20. The fraction of sp³-hybridized carbons (Fsp3) is 0.400. The summed E-state index contributed by atoms with van der Waals surface area (Å²) in [6, 6.07) is 3.74. The van der Waals surface area contributed by atoms with Gasteiger partial charge < -0.3 is 0 Å². The molecule has 3 heteroatoms. The molecule has 0 aromatic heterocycles. The first-order valence-corrected chi connectivity index (χ1v) is 5.27. The number of benzene rings is 1. The van der Waals surface area contributed by atoms with Gasteiger partial charge in [-0.1, -0.05) is 48.7 Å². The van der Waals surface area contributed by atoms with Gasteiger partial charge in [-0.2, -0.15) is 0 Å². The minimum absolute atomic E-state index is 0.441. The quantitative estimate of drug-likeness (QED) is 0.645. The summed E-state index contributed by atoms with van der Waals surface area (Å²) in [5.41, 5.74) is 1.13. The predicted molar refractivity (Wildman–Crippen MR) is 60.0 cm³/mol. The lowest BCUT2D eigenvalue weighted by atomic mass is 10.0. The molecule has 0 fully saturated rings. The zero-order valence-corrected chi connectivity index (χ0v) is 9.84. The van der Waals surface area contributed by atoms with Gasteiger partial charge in [0.15, 0.2) is 0 Å². The van der Waals surface area contributed by atoms with Crippen molar-refractivity contribution in [3.05, 3.63) is 32.8 Å². The van der Waals surface area contributed by atoms with Crippen molar-refractivity contribution in [3.63, 3.8) is 0 Å². The van der Waals surface area contributed by atoms with E-state index < -0.39 is 0 Å². The van der Waals surface area contributed by atoms with Crippen LogP contribution in [0.15, 0.2) is 12.1 Å². The molecule has 0 spiro atoms. The zero-order chi connectivity index (χ0) is 10.0. The minimum atomic E-state index is 0.441. The third-order valence-corrected chi connectivity index (χ3v) is 2.88. The Labute approximate surface area is 93.8 Å². The molecule has 0 N–H and O–H groups in total. The topological polar surface area (TPSA) is 0 Å². The maximum Gasteiger partial charge on any atom is 0.0778 e. The van der Waals surface area contributed by atoms with E-state index in [1.54, 1.807) is 0 Å². The Balaban J connectivity index is 2.99. The smallest absolute Gasteiger partial charge is 0.0778 e. The highest BCUT2D eigenvalue weighted by atomic mass is 35.5. The van der Waals surface area contributed by atoms with Gasteiger partial charge in [-0.05, 0) is 30.0 Å². The lowest BCUT2D eigenvalue weighted by molar-refractivity contribution is 0.647. The van der Waals surface area contributed by atoms with Crippen molar-refractivity contribution in [2.75, 3.05) is 0 Å². The number of hydrogen-bond acceptors (Lipinski definition) is 0. The van der Waals surface area contributed by atoms with Crippen molar-refractivity contribution >= 4 is 34.8 Å². The van der Waals surface area contributed by atoms with Crippen LogP contribution in [-0.4, -0.2) is 0 Å². The second-order valence-corrected chi connectivity index (χ2v) is 4.66. The summed E-state index contributed by atoms with van der Waals surface area (Å²) < 4.78 is 0. The lowest BCUT2D eigenvalue weighted by Gasteiger charge is -2.07. The highest BCUT2D eigenvalue weighted by Gasteiger charge is 2.06. The van der Waals surface area contributed by atoms with Crippen molar-refractivity contribution in [3.8, 4) is 0 Å². The lowest BCUT2D eigenvalue weighted by Crippen LogP contribution is -1.94. The standard InChI is InChI=1S/C10H11Cl3/c1-6(2)3-7-4-8(11)10(13)9(12)5-7/h4-6H,3H2,1-2H3. The van der Waals surface area contributed by atoms with E-state index in [1.807, 2.05) is 12.1 Å². The van der Waals surface area contributed by atoms with Crippen LogP contribution < -0.4 is 0 Å². The maximum absolute atomic E-state index is 5.89. The summed E-state index contributed by atoms with van der Waals surface area (Å²) in [6.07, 6.45) is 0.969. The van der Waals surface area contributed by atoms with Gasteiger partial charge >= 0.3 is 0 Å². The van der Waals surface area contributed by atoms with E-state index in [-0.39, 0.29) is 0 Å². The van der Waals surface area contributed by atoms with Crippen LogP contribution in [0.3, 0.4) is 0 Å². The van der Waals surface area contributed by atoms with Crippen molar-refractivity contribution < 1.29 is 0 Å². The van der Waals surface area contributed by atoms with Crippen molar-refractivity contribution in [1.82, 2.24) is 0 Å². The average molecular weight is 238 g/mol. The Morgan fingerprint density at radius 2 is 1.54 bits per heavy atom. The molecule has 1 aromatic rings. The molecule has 0 amide bonds. The Morgan fingerprint density at radius 1 is 1.08 bits per heavy atom. The van der Waals surface area contributed by atoms with Gasteiger partial charge in [0.05, 0.1) is 15.1 Å². The molecule has 0 saturated heterocycles. The van der Waals surface area contributed by atoms with Gasteiger partial charge in [-0.25, -0.2) is 0 Å². The predicted octanol–water partition coefficient (Wildman–Crippen LogP) is 4.85. The van der Waals surface area contributed by atoms with Gasteiger partial charge in [0.2, 0.25) is 0 Å². The molecule has 13 heavy (non-hydrogen) atoms. The normalized spacial score (nSPS) is 10.9. The van der Waals surface area contributed by atoms with Gasteiger partial charge in [-0.15, -0.1) is 0 Å². The Bertz CT molecular complexity index is 282. The summed E-state index contributed by atoms with van der Waals surface area (Å²) in [4.78, 5) is 0. The van der Waals surface area contributed by atoms with Gasteiger partial charge in [0.1, 0.15) is 0 Å². The molecule has 72 valence electrons. The molecule has 1 rings (SSSR count). The summed E-state index contributed by atoms with van der Waals surface area (Å²) in [5.74, 6) is 0.591. The van der Waals surface area contributed by atoms with E-state index in [0.29, 0.717) is 21.0 Å². The number of halogens is 3. The number of hydrogen-bond donors (Lipinski definition) is 0. The molecule has 0 bridgehead atoms. The molecule has 0 atom stereocenters. The van der Waals surface area contributed by atoms with E-state index in [4.69, 9.17) is 34.8 Å². The second-order valence-electron chi connectivity index (χ2n) is 3.47. The van der Waals surface area contributed by atoms with Crippen molar-refractivity contribution in [2.45, 2.75) is 20.3 Å². The SMILES string of the molecule is CC(C)Cc1cc(Cl)c(Cl)c(Cl)c1. The second kappa shape index (κ2) is 4.54. The molecule has 0 saturated carbocycles. The summed E-state index contributed by atoms with van der Waals surface area (Å²) in [7, 11) is 0. The van der Waals surface area contributed by atoms with E-state index in [2.05, 4.69) is 13.8 Å². The molecule has 0 aliphatic rings. The molecule has 0 aliphatic carbocycles. The average Bonchev–Trinajstić information content (AvgIpc) is 1.98. The summed E-state index contributed by atoms with van der Waals surface area (Å²) in [6.45, 7) is 4.30. The van der Waals surface area contributed by atoms with E-state index in [9.17, 15) is 0 Å². The molecule has 0 unspecified atom stereocenters. The van der Waals surface area contributed by atoms with Crippen LogP contribution in [-0.2, 0) is 6.42 Å². The van der Waals surface area contributed by atoms with Gasteiger partial charge in [0.25, 0.3) is 0 Å². The van der Waals surface area contributed by atoms with Crippen LogP contribution in [0.2, 0.25) is 15.1 Å².